The average molecular weight is 346 g/mol. The van der Waals surface area contributed by atoms with Crippen LogP contribution in [-0.4, -0.2) is 23.8 Å². The van der Waals surface area contributed by atoms with Crippen molar-refractivity contribution >= 4 is 23.2 Å². The first-order valence-electron chi connectivity index (χ1n) is 7.88. The van der Waals surface area contributed by atoms with Crippen LogP contribution in [0, 0.1) is 11.7 Å². The summed E-state index contributed by atoms with van der Waals surface area (Å²) in [6, 6.07) is 9.66. The predicted molar refractivity (Wildman–Crippen MR) is 90.8 cm³/mol. The third kappa shape index (κ3) is 3.33. The van der Waals surface area contributed by atoms with Crippen molar-refractivity contribution in [2.24, 2.45) is 5.92 Å². The number of piperidine rings is 1. The lowest BCUT2D eigenvalue weighted by Gasteiger charge is -2.38. The van der Waals surface area contributed by atoms with Crippen LogP contribution in [0.2, 0.25) is 0 Å². The number of nitrogens with one attached hydrogen (secondary N) is 1. The molecule has 126 valence electrons. The summed E-state index contributed by atoms with van der Waals surface area (Å²) < 4.78 is 14.3. The lowest BCUT2D eigenvalue weighted by atomic mass is 9.83. The van der Waals surface area contributed by atoms with E-state index >= 15 is 0 Å². The van der Waals surface area contributed by atoms with Crippen molar-refractivity contribution in [3.05, 3.63) is 58.0 Å². The fraction of sp³-hybridized carbons (Fsp3) is 0.333. The quantitative estimate of drug-likeness (QED) is 0.925. The molecule has 6 heteroatoms. The van der Waals surface area contributed by atoms with Crippen LogP contribution in [-0.2, 0) is 16.1 Å². The molecule has 0 saturated carbocycles. The largest absolute Gasteiger partial charge is 0.351 e. The highest BCUT2D eigenvalue weighted by Crippen LogP contribution is 2.37. The highest BCUT2D eigenvalue weighted by atomic mass is 32.1. The van der Waals surface area contributed by atoms with Gasteiger partial charge in [0.25, 0.3) is 0 Å². The van der Waals surface area contributed by atoms with Gasteiger partial charge in [-0.2, -0.15) is 0 Å². The minimum absolute atomic E-state index is 0.0643. The van der Waals surface area contributed by atoms with Crippen molar-refractivity contribution in [2.75, 3.05) is 7.05 Å². The van der Waals surface area contributed by atoms with Crippen molar-refractivity contribution in [3.63, 3.8) is 0 Å². The van der Waals surface area contributed by atoms with Crippen LogP contribution in [0.3, 0.4) is 0 Å². The molecule has 4 nitrogen and oxygen atoms in total. The number of hydrogen-bond donors (Lipinski definition) is 1. The number of nitrogens with zero attached hydrogens (tertiary/aromatic N) is 1. The van der Waals surface area contributed by atoms with Gasteiger partial charge < -0.3 is 10.2 Å². The van der Waals surface area contributed by atoms with E-state index in [-0.39, 0.29) is 17.6 Å². The number of rotatable bonds is 4. The molecule has 1 aromatic heterocycles. The van der Waals surface area contributed by atoms with Gasteiger partial charge in [0, 0.05) is 23.9 Å². The molecule has 1 aromatic carbocycles. The van der Waals surface area contributed by atoms with Crippen molar-refractivity contribution in [1.29, 1.82) is 0 Å². The number of halogens is 1. The Morgan fingerprint density at radius 3 is 2.83 bits per heavy atom. The van der Waals surface area contributed by atoms with Crippen LogP contribution in [0.25, 0.3) is 0 Å². The number of carbonyl (C=O) groups is 2. The molecular weight excluding hydrogens is 327 g/mol. The van der Waals surface area contributed by atoms with Crippen molar-refractivity contribution in [3.8, 4) is 0 Å². The molecule has 2 atom stereocenters. The van der Waals surface area contributed by atoms with Crippen LogP contribution < -0.4 is 5.32 Å². The first-order valence-corrected chi connectivity index (χ1v) is 8.76. The fourth-order valence-corrected chi connectivity index (χ4v) is 3.82. The summed E-state index contributed by atoms with van der Waals surface area (Å²) in [4.78, 5) is 27.3. The van der Waals surface area contributed by atoms with E-state index in [4.69, 9.17) is 0 Å². The molecule has 1 aliphatic heterocycles. The Morgan fingerprint density at radius 1 is 1.33 bits per heavy atom. The smallest absolute Gasteiger partial charge is 0.225 e. The Bertz CT molecular complexity index is 732. The average Bonchev–Trinajstić information content (AvgIpc) is 3.09. The Morgan fingerprint density at radius 2 is 2.12 bits per heavy atom. The maximum Gasteiger partial charge on any atom is 0.225 e. The Balaban J connectivity index is 1.82. The summed E-state index contributed by atoms with van der Waals surface area (Å²) in [5, 5.41) is 4.88. The van der Waals surface area contributed by atoms with Gasteiger partial charge >= 0.3 is 0 Å². The number of thiophene rings is 1. The highest BCUT2D eigenvalue weighted by molar-refractivity contribution is 7.09. The summed E-state index contributed by atoms with van der Waals surface area (Å²) >= 11 is 1.57. The molecule has 1 saturated heterocycles. The molecule has 2 heterocycles. The lowest BCUT2D eigenvalue weighted by molar-refractivity contribution is -0.141. The topological polar surface area (TPSA) is 49.4 Å². The molecule has 0 aliphatic carbocycles. The van der Waals surface area contributed by atoms with Gasteiger partial charge in [-0.1, -0.05) is 24.3 Å². The molecule has 1 fully saturated rings. The van der Waals surface area contributed by atoms with Crippen LogP contribution in [0.1, 0.15) is 29.3 Å². The third-order valence-electron chi connectivity index (χ3n) is 4.44. The van der Waals surface area contributed by atoms with E-state index in [2.05, 4.69) is 5.32 Å². The zero-order chi connectivity index (χ0) is 17.1. The van der Waals surface area contributed by atoms with Gasteiger partial charge in [0.2, 0.25) is 11.8 Å². The van der Waals surface area contributed by atoms with Gasteiger partial charge in [-0.15, -0.1) is 11.3 Å². The molecule has 0 spiro atoms. The minimum Gasteiger partial charge on any atom is -0.351 e. The van der Waals surface area contributed by atoms with E-state index in [9.17, 15) is 14.0 Å². The number of benzene rings is 1. The predicted octanol–water partition coefficient (Wildman–Crippen LogP) is 3.11. The fourth-order valence-electron chi connectivity index (χ4n) is 3.17. The summed E-state index contributed by atoms with van der Waals surface area (Å²) in [5.74, 6) is -1.05. The standard InChI is InChI=1S/C18H19FN2O2S/c1-21-16(22)9-8-14(17(21)13-6-2-3-7-15(13)19)18(23)20-11-12-5-4-10-24-12/h2-7,10,14,17H,8-9,11H2,1H3,(H,20,23)/t14-,17+/m1/s1. The minimum atomic E-state index is -0.573. The zero-order valence-corrected chi connectivity index (χ0v) is 14.2. The molecule has 0 unspecified atom stereocenters. The van der Waals surface area contributed by atoms with Gasteiger partial charge in [-0.3, -0.25) is 9.59 Å². The van der Waals surface area contributed by atoms with E-state index in [1.807, 2.05) is 17.5 Å². The summed E-state index contributed by atoms with van der Waals surface area (Å²) in [6.07, 6.45) is 0.733. The first-order chi connectivity index (χ1) is 11.6. The van der Waals surface area contributed by atoms with Gasteiger partial charge in [-0.05, 0) is 23.9 Å². The molecule has 1 N–H and O–H groups in total. The molecule has 24 heavy (non-hydrogen) atoms. The number of carbonyl (C=O) groups excluding carboxylic acids is 2. The Hall–Kier alpha value is -2.21. The van der Waals surface area contributed by atoms with E-state index < -0.39 is 12.0 Å². The lowest BCUT2D eigenvalue weighted by Crippen LogP contribution is -2.46. The Labute approximate surface area is 144 Å². The van der Waals surface area contributed by atoms with E-state index in [1.54, 1.807) is 36.6 Å². The maximum atomic E-state index is 14.3. The molecule has 2 aromatic rings. The molecule has 0 bridgehead atoms. The van der Waals surface area contributed by atoms with Crippen LogP contribution in [0.15, 0.2) is 41.8 Å². The summed E-state index contributed by atoms with van der Waals surface area (Å²) in [6.45, 7) is 0.453. The third-order valence-corrected chi connectivity index (χ3v) is 5.31. The van der Waals surface area contributed by atoms with Gasteiger partial charge in [0.05, 0.1) is 18.5 Å². The molecule has 1 aliphatic rings. The normalized spacial score (nSPS) is 20.9. The number of likely N-dealkylation sites (tertiary alicyclic amines) is 1. The van der Waals surface area contributed by atoms with E-state index in [0.717, 1.165) is 4.88 Å². The second kappa shape index (κ2) is 7.13. The van der Waals surface area contributed by atoms with Crippen LogP contribution >= 0.6 is 11.3 Å². The number of amides is 2. The molecule has 0 radical (unpaired) electrons. The molecular formula is C18H19FN2O2S. The van der Waals surface area contributed by atoms with Gasteiger partial charge in [0.15, 0.2) is 0 Å². The summed E-state index contributed by atoms with van der Waals surface area (Å²) in [5.41, 5.74) is 0.393. The Kier molecular flexibility index (Phi) is 4.94. The van der Waals surface area contributed by atoms with Gasteiger partial charge in [-0.25, -0.2) is 4.39 Å². The SMILES string of the molecule is CN1C(=O)CC[C@@H](C(=O)NCc2cccs2)[C@@H]1c1ccccc1F. The molecule has 3 rings (SSSR count). The van der Waals surface area contributed by atoms with Crippen molar-refractivity contribution < 1.29 is 14.0 Å². The second-order valence-corrected chi connectivity index (χ2v) is 6.95. The zero-order valence-electron chi connectivity index (χ0n) is 13.4. The van der Waals surface area contributed by atoms with Crippen LogP contribution in [0.4, 0.5) is 4.39 Å². The van der Waals surface area contributed by atoms with E-state index in [0.29, 0.717) is 24.9 Å². The second-order valence-electron chi connectivity index (χ2n) is 5.91. The molecule has 2 amide bonds. The van der Waals surface area contributed by atoms with Crippen LogP contribution in [0.5, 0.6) is 0 Å². The van der Waals surface area contributed by atoms with Gasteiger partial charge in [0.1, 0.15) is 5.82 Å². The van der Waals surface area contributed by atoms with E-state index in [1.165, 1.54) is 11.0 Å². The maximum absolute atomic E-state index is 14.3. The van der Waals surface area contributed by atoms with Crippen molar-refractivity contribution in [2.45, 2.75) is 25.4 Å². The van der Waals surface area contributed by atoms with Crippen molar-refractivity contribution in [1.82, 2.24) is 10.2 Å². The highest BCUT2D eigenvalue weighted by Gasteiger charge is 2.39. The number of hydrogen-bond acceptors (Lipinski definition) is 3. The first kappa shape index (κ1) is 16.6. The monoisotopic (exact) mass is 346 g/mol. The summed E-state index contributed by atoms with van der Waals surface area (Å²) in [7, 11) is 1.64.